The van der Waals surface area contributed by atoms with Crippen molar-refractivity contribution in [2.75, 3.05) is 13.7 Å². The second-order valence-electron chi connectivity index (χ2n) is 5.96. The summed E-state index contributed by atoms with van der Waals surface area (Å²) in [6.45, 7) is 5.15. The lowest BCUT2D eigenvalue weighted by Gasteiger charge is -2.18. The highest BCUT2D eigenvalue weighted by Gasteiger charge is 2.17. The topological polar surface area (TPSA) is 85.9 Å². The lowest BCUT2D eigenvalue weighted by atomic mass is 10.1. The summed E-state index contributed by atoms with van der Waals surface area (Å²) >= 11 is 0. The van der Waals surface area contributed by atoms with E-state index in [4.69, 9.17) is 14.2 Å². The van der Waals surface area contributed by atoms with Crippen LogP contribution in [0.5, 0.6) is 17.2 Å². The Morgan fingerprint density at radius 1 is 0.963 bits per heavy atom. The molecule has 2 aromatic carbocycles. The molecule has 0 heterocycles. The quantitative estimate of drug-likeness (QED) is 0.729. The van der Waals surface area contributed by atoms with Gasteiger partial charge < -0.3 is 14.2 Å². The van der Waals surface area contributed by atoms with Crippen molar-refractivity contribution in [2.45, 2.75) is 26.9 Å². The summed E-state index contributed by atoms with van der Waals surface area (Å²) in [4.78, 5) is 24.0. The lowest BCUT2D eigenvalue weighted by molar-refractivity contribution is -0.133. The Morgan fingerprint density at radius 2 is 1.59 bits per heavy atom. The number of carbonyl (C=O) groups excluding carboxylic acids is 2. The van der Waals surface area contributed by atoms with E-state index in [-0.39, 0.29) is 6.61 Å². The number of para-hydroxylation sites is 3. The van der Waals surface area contributed by atoms with E-state index < -0.39 is 17.9 Å². The predicted molar refractivity (Wildman–Crippen MR) is 101 cm³/mol. The second-order valence-corrected chi connectivity index (χ2v) is 5.96. The number of methoxy groups -OCH3 is 1. The molecular formula is C20H24N2O5. The van der Waals surface area contributed by atoms with Gasteiger partial charge in [-0.05, 0) is 44.0 Å². The number of benzene rings is 2. The molecule has 0 unspecified atom stereocenters. The lowest BCUT2D eigenvalue weighted by Crippen LogP contribution is -2.48. The number of hydrogen-bond acceptors (Lipinski definition) is 5. The monoisotopic (exact) mass is 372 g/mol. The predicted octanol–water partition coefficient (Wildman–Crippen LogP) is 2.31. The van der Waals surface area contributed by atoms with Crippen molar-refractivity contribution in [1.82, 2.24) is 10.9 Å². The van der Waals surface area contributed by atoms with Crippen molar-refractivity contribution in [1.29, 1.82) is 0 Å². The zero-order valence-corrected chi connectivity index (χ0v) is 15.9. The summed E-state index contributed by atoms with van der Waals surface area (Å²) < 4.78 is 16.2. The molecule has 0 saturated heterocycles. The number of ether oxygens (including phenoxy) is 3. The van der Waals surface area contributed by atoms with Crippen LogP contribution < -0.4 is 25.1 Å². The van der Waals surface area contributed by atoms with Gasteiger partial charge in [-0.25, -0.2) is 0 Å². The van der Waals surface area contributed by atoms with Gasteiger partial charge in [-0.1, -0.05) is 30.3 Å². The van der Waals surface area contributed by atoms with Crippen molar-refractivity contribution in [3.05, 3.63) is 53.6 Å². The third-order valence-electron chi connectivity index (χ3n) is 3.83. The third-order valence-corrected chi connectivity index (χ3v) is 3.83. The van der Waals surface area contributed by atoms with Crippen LogP contribution in [0.25, 0.3) is 0 Å². The highest BCUT2D eigenvalue weighted by atomic mass is 16.5. The van der Waals surface area contributed by atoms with Gasteiger partial charge in [0.05, 0.1) is 7.11 Å². The average molecular weight is 372 g/mol. The van der Waals surface area contributed by atoms with Gasteiger partial charge >= 0.3 is 0 Å². The second kappa shape index (κ2) is 9.47. The molecule has 2 rings (SSSR count). The van der Waals surface area contributed by atoms with Crippen LogP contribution in [0, 0.1) is 13.8 Å². The number of nitrogens with one attached hydrogen (secondary N) is 2. The minimum Gasteiger partial charge on any atom is -0.493 e. The van der Waals surface area contributed by atoms with Gasteiger partial charge in [0, 0.05) is 0 Å². The maximum Gasteiger partial charge on any atom is 0.279 e. The minimum atomic E-state index is -0.778. The molecule has 27 heavy (non-hydrogen) atoms. The molecule has 1 atom stereocenters. The Balaban J connectivity index is 1.81. The van der Waals surface area contributed by atoms with Gasteiger partial charge in [0.15, 0.2) is 24.2 Å². The number of aryl methyl sites for hydroxylation is 2. The maximum absolute atomic E-state index is 12.1. The Morgan fingerprint density at radius 3 is 2.22 bits per heavy atom. The molecule has 144 valence electrons. The van der Waals surface area contributed by atoms with E-state index >= 15 is 0 Å². The fourth-order valence-corrected chi connectivity index (χ4v) is 2.37. The highest BCUT2D eigenvalue weighted by molar-refractivity contribution is 5.85. The van der Waals surface area contributed by atoms with E-state index in [0.717, 1.165) is 11.1 Å². The molecular weight excluding hydrogens is 348 g/mol. The van der Waals surface area contributed by atoms with Crippen LogP contribution in [-0.2, 0) is 9.59 Å². The van der Waals surface area contributed by atoms with Crippen LogP contribution in [0.4, 0.5) is 0 Å². The first-order chi connectivity index (χ1) is 12.9. The van der Waals surface area contributed by atoms with E-state index in [2.05, 4.69) is 10.9 Å². The van der Waals surface area contributed by atoms with Crippen LogP contribution >= 0.6 is 0 Å². The summed E-state index contributed by atoms with van der Waals surface area (Å²) in [6.07, 6.45) is -0.778. The third kappa shape index (κ3) is 5.64. The number of hydrazine groups is 1. The Labute approximate surface area is 158 Å². The molecule has 0 aliphatic carbocycles. The molecule has 7 heteroatoms. The van der Waals surface area contributed by atoms with Gasteiger partial charge in [0.1, 0.15) is 5.75 Å². The van der Waals surface area contributed by atoms with Crippen molar-refractivity contribution >= 4 is 11.8 Å². The normalized spacial score (nSPS) is 11.3. The molecule has 0 spiro atoms. The van der Waals surface area contributed by atoms with Crippen LogP contribution in [0.15, 0.2) is 42.5 Å². The van der Waals surface area contributed by atoms with Gasteiger partial charge in [-0.15, -0.1) is 0 Å². The zero-order valence-electron chi connectivity index (χ0n) is 15.9. The average Bonchev–Trinajstić information content (AvgIpc) is 2.67. The number of rotatable bonds is 7. The maximum atomic E-state index is 12.1. The van der Waals surface area contributed by atoms with E-state index in [1.807, 2.05) is 32.0 Å². The summed E-state index contributed by atoms with van der Waals surface area (Å²) in [5, 5.41) is 0. The minimum absolute atomic E-state index is 0.271. The molecule has 7 nitrogen and oxygen atoms in total. The van der Waals surface area contributed by atoms with Gasteiger partial charge in [0.2, 0.25) is 0 Å². The van der Waals surface area contributed by atoms with Crippen molar-refractivity contribution in [3.8, 4) is 17.2 Å². The molecule has 0 saturated carbocycles. The fraction of sp³-hybridized carbons (Fsp3) is 0.300. The molecule has 2 N–H and O–H groups in total. The SMILES string of the molecule is COc1ccccc1OCC(=O)NNC(=O)[C@H](C)Oc1c(C)cccc1C. The van der Waals surface area contributed by atoms with Crippen LogP contribution in [0.1, 0.15) is 18.1 Å². The molecule has 2 amide bonds. The largest absolute Gasteiger partial charge is 0.493 e. The van der Waals surface area contributed by atoms with Crippen LogP contribution in [0.3, 0.4) is 0 Å². The molecule has 0 aliphatic heterocycles. The Bertz CT molecular complexity index is 786. The molecule has 2 aromatic rings. The van der Waals surface area contributed by atoms with Crippen molar-refractivity contribution < 1.29 is 23.8 Å². The number of hydrogen-bond donors (Lipinski definition) is 2. The molecule has 0 aliphatic rings. The van der Waals surface area contributed by atoms with E-state index in [1.54, 1.807) is 31.2 Å². The molecule has 0 fully saturated rings. The van der Waals surface area contributed by atoms with E-state index in [0.29, 0.717) is 17.2 Å². The first-order valence-corrected chi connectivity index (χ1v) is 8.49. The number of amides is 2. The summed E-state index contributed by atoms with van der Waals surface area (Å²) in [6, 6.07) is 12.7. The number of carbonyl (C=O) groups is 2. The molecule has 0 aromatic heterocycles. The summed E-state index contributed by atoms with van der Waals surface area (Å²) in [5.74, 6) is 0.640. The Kier molecular flexibility index (Phi) is 7.05. The highest BCUT2D eigenvalue weighted by Crippen LogP contribution is 2.25. The smallest absolute Gasteiger partial charge is 0.279 e. The van der Waals surface area contributed by atoms with E-state index in [1.165, 1.54) is 7.11 Å². The molecule has 0 bridgehead atoms. The summed E-state index contributed by atoms with van der Waals surface area (Å²) in [5.41, 5.74) is 6.50. The van der Waals surface area contributed by atoms with Crippen molar-refractivity contribution in [2.24, 2.45) is 0 Å². The van der Waals surface area contributed by atoms with E-state index in [9.17, 15) is 9.59 Å². The Hall–Kier alpha value is -3.22. The zero-order chi connectivity index (χ0) is 19.8. The van der Waals surface area contributed by atoms with Gasteiger partial charge in [-0.3, -0.25) is 20.4 Å². The standard InChI is InChI=1S/C20H24N2O5/c1-13-8-7-9-14(2)19(13)27-15(3)20(24)22-21-18(23)12-26-17-11-6-5-10-16(17)25-4/h5-11,15H,12H2,1-4H3,(H,21,23)(H,22,24)/t15-/m0/s1. The first kappa shape index (κ1) is 20.1. The van der Waals surface area contributed by atoms with Crippen LogP contribution in [-0.4, -0.2) is 31.6 Å². The van der Waals surface area contributed by atoms with Crippen LogP contribution in [0.2, 0.25) is 0 Å². The first-order valence-electron chi connectivity index (χ1n) is 8.49. The summed E-state index contributed by atoms with van der Waals surface area (Å²) in [7, 11) is 1.51. The van der Waals surface area contributed by atoms with Gasteiger partial charge in [0.25, 0.3) is 11.8 Å². The van der Waals surface area contributed by atoms with Gasteiger partial charge in [-0.2, -0.15) is 0 Å². The fourth-order valence-electron chi connectivity index (χ4n) is 2.37. The molecule has 0 radical (unpaired) electrons. The van der Waals surface area contributed by atoms with Crippen molar-refractivity contribution in [3.63, 3.8) is 0 Å².